The first-order valence-electron chi connectivity index (χ1n) is 5.94. The Morgan fingerprint density at radius 2 is 2.05 bits per heavy atom. The number of aliphatic hydroxyl groups is 1. The topological polar surface area (TPSA) is 81.8 Å². The third-order valence-electron chi connectivity index (χ3n) is 2.74. The van der Waals surface area contributed by atoms with E-state index in [9.17, 15) is 14.5 Å². The first-order chi connectivity index (χ1) is 10.0. The van der Waals surface area contributed by atoms with Crippen molar-refractivity contribution in [1.82, 2.24) is 0 Å². The van der Waals surface area contributed by atoms with Gasteiger partial charge in [-0.25, -0.2) is 4.39 Å². The molecule has 0 spiro atoms. The fraction of sp³-hybridized carbons (Fsp3) is 0.143. The Morgan fingerprint density at radius 1 is 1.29 bits per heavy atom. The molecule has 0 aliphatic heterocycles. The Balaban J connectivity index is 2.37. The number of aliphatic hydroxyl groups excluding tert-OH is 1. The van der Waals surface area contributed by atoms with Crippen molar-refractivity contribution < 1.29 is 23.9 Å². The van der Waals surface area contributed by atoms with Crippen LogP contribution in [-0.2, 0) is 6.61 Å². The normalized spacial score (nSPS) is 10.2. The second-order valence-corrected chi connectivity index (χ2v) is 4.12. The molecule has 0 bridgehead atoms. The zero-order chi connectivity index (χ0) is 15.4. The summed E-state index contributed by atoms with van der Waals surface area (Å²) in [6.45, 7) is -0.177. The Bertz CT molecular complexity index is 674. The molecule has 0 saturated heterocycles. The van der Waals surface area contributed by atoms with E-state index in [0.717, 1.165) is 12.1 Å². The number of nitrogens with zero attached hydrogens (tertiary/aromatic N) is 1. The van der Waals surface area contributed by atoms with Crippen molar-refractivity contribution in [1.29, 1.82) is 0 Å². The van der Waals surface area contributed by atoms with E-state index in [1.54, 1.807) is 18.2 Å². The summed E-state index contributed by atoms with van der Waals surface area (Å²) in [7, 11) is 1.25. The summed E-state index contributed by atoms with van der Waals surface area (Å²) in [6, 6.07) is 8.28. The highest BCUT2D eigenvalue weighted by atomic mass is 19.1. The Morgan fingerprint density at radius 3 is 2.67 bits per heavy atom. The molecule has 0 aliphatic rings. The number of hydrogen-bond acceptors (Lipinski definition) is 5. The minimum absolute atomic E-state index is 0.102. The molecular formula is C14H12FNO5. The molecule has 0 amide bonds. The molecule has 7 heteroatoms. The van der Waals surface area contributed by atoms with Gasteiger partial charge in [-0.05, 0) is 17.7 Å². The maximum Gasteiger partial charge on any atom is 0.314 e. The van der Waals surface area contributed by atoms with Crippen LogP contribution in [0.3, 0.4) is 0 Å². The molecule has 0 radical (unpaired) electrons. The number of nitro benzene ring substituents is 1. The lowest BCUT2D eigenvalue weighted by atomic mass is 10.2. The quantitative estimate of drug-likeness (QED) is 0.677. The number of methoxy groups -OCH3 is 1. The van der Waals surface area contributed by atoms with Crippen molar-refractivity contribution in [3.05, 3.63) is 57.9 Å². The molecule has 0 aromatic heterocycles. The van der Waals surface area contributed by atoms with Crippen LogP contribution in [0.15, 0.2) is 36.4 Å². The summed E-state index contributed by atoms with van der Waals surface area (Å²) < 4.78 is 24.1. The van der Waals surface area contributed by atoms with E-state index in [4.69, 9.17) is 14.6 Å². The lowest BCUT2D eigenvalue weighted by Crippen LogP contribution is -1.97. The van der Waals surface area contributed by atoms with Crippen LogP contribution in [-0.4, -0.2) is 17.1 Å². The molecule has 21 heavy (non-hydrogen) atoms. The molecule has 0 unspecified atom stereocenters. The van der Waals surface area contributed by atoms with Gasteiger partial charge in [0.25, 0.3) is 0 Å². The highest BCUT2D eigenvalue weighted by Crippen LogP contribution is 2.35. The smallest absolute Gasteiger partial charge is 0.314 e. The molecule has 0 fully saturated rings. The van der Waals surface area contributed by atoms with Crippen LogP contribution < -0.4 is 9.47 Å². The molecule has 0 heterocycles. The Labute approximate surface area is 119 Å². The van der Waals surface area contributed by atoms with E-state index in [0.29, 0.717) is 11.3 Å². The second-order valence-electron chi connectivity index (χ2n) is 4.12. The van der Waals surface area contributed by atoms with Crippen molar-refractivity contribution in [3.8, 4) is 17.2 Å². The van der Waals surface area contributed by atoms with Crippen molar-refractivity contribution in [2.75, 3.05) is 7.11 Å². The van der Waals surface area contributed by atoms with Gasteiger partial charge in [0, 0.05) is 6.07 Å². The summed E-state index contributed by atoms with van der Waals surface area (Å²) in [4.78, 5) is 10.0. The highest BCUT2D eigenvalue weighted by Gasteiger charge is 2.20. The highest BCUT2D eigenvalue weighted by molar-refractivity contribution is 5.52. The molecule has 1 N–H and O–H groups in total. The van der Waals surface area contributed by atoms with Gasteiger partial charge in [0.1, 0.15) is 5.75 Å². The van der Waals surface area contributed by atoms with Gasteiger partial charge in [-0.15, -0.1) is 0 Å². The average molecular weight is 293 g/mol. The van der Waals surface area contributed by atoms with Gasteiger partial charge in [0.15, 0.2) is 11.6 Å². The molecule has 0 saturated carbocycles. The van der Waals surface area contributed by atoms with Crippen molar-refractivity contribution in [3.63, 3.8) is 0 Å². The Kier molecular flexibility index (Phi) is 4.34. The van der Waals surface area contributed by atoms with Crippen LogP contribution in [0.5, 0.6) is 17.2 Å². The lowest BCUT2D eigenvalue weighted by molar-refractivity contribution is -0.386. The van der Waals surface area contributed by atoms with Gasteiger partial charge >= 0.3 is 5.69 Å². The average Bonchev–Trinajstić information content (AvgIpc) is 2.49. The minimum atomic E-state index is -0.878. The fourth-order valence-electron chi connectivity index (χ4n) is 1.74. The van der Waals surface area contributed by atoms with Crippen LogP contribution in [0, 0.1) is 15.9 Å². The van der Waals surface area contributed by atoms with E-state index in [1.807, 2.05) is 0 Å². The van der Waals surface area contributed by atoms with Crippen molar-refractivity contribution >= 4 is 5.69 Å². The molecule has 2 aromatic carbocycles. The van der Waals surface area contributed by atoms with Gasteiger partial charge in [0.05, 0.1) is 24.7 Å². The van der Waals surface area contributed by atoms with Crippen LogP contribution in [0.1, 0.15) is 5.56 Å². The first-order valence-corrected chi connectivity index (χ1v) is 5.94. The van der Waals surface area contributed by atoms with Crippen molar-refractivity contribution in [2.45, 2.75) is 6.61 Å². The molecule has 2 aromatic rings. The third kappa shape index (κ3) is 3.26. The van der Waals surface area contributed by atoms with E-state index in [1.165, 1.54) is 13.2 Å². The monoisotopic (exact) mass is 293 g/mol. The first kappa shape index (κ1) is 14.7. The number of ether oxygens (including phenoxy) is 2. The second kappa shape index (κ2) is 6.19. The van der Waals surface area contributed by atoms with Gasteiger partial charge in [-0.1, -0.05) is 12.1 Å². The van der Waals surface area contributed by atoms with E-state index < -0.39 is 16.4 Å². The summed E-state index contributed by atoms with van der Waals surface area (Å²) in [6.07, 6.45) is 0. The summed E-state index contributed by atoms with van der Waals surface area (Å²) in [5, 5.41) is 19.8. The molecule has 0 atom stereocenters. The van der Waals surface area contributed by atoms with Gasteiger partial charge < -0.3 is 14.6 Å². The fourth-order valence-corrected chi connectivity index (χ4v) is 1.74. The number of halogens is 1. The number of benzene rings is 2. The SMILES string of the molecule is COc1cc(Oc2cccc(CO)c2)c(F)cc1[N+](=O)[O-]. The molecule has 2 rings (SSSR count). The summed E-state index contributed by atoms with van der Waals surface area (Å²) in [5.41, 5.74) is 0.119. The number of rotatable bonds is 5. The van der Waals surface area contributed by atoms with Crippen LogP contribution in [0.4, 0.5) is 10.1 Å². The molecule has 0 aliphatic carbocycles. The predicted molar refractivity (Wildman–Crippen MR) is 72.0 cm³/mol. The zero-order valence-electron chi connectivity index (χ0n) is 11.1. The molecule has 110 valence electrons. The summed E-state index contributed by atoms with van der Waals surface area (Å²) in [5.74, 6) is -0.879. The predicted octanol–water partition coefficient (Wildman–Crippen LogP) is 3.03. The maximum absolute atomic E-state index is 13.9. The van der Waals surface area contributed by atoms with E-state index in [-0.39, 0.29) is 18.1 Å². The molecule has 6 nitrogen and oxygen atoms in total. The standard InChI is InChI=1S/C14H12FNO5/c1-20-14-7-13(11(15)6-12(14)16(18)19)21-10-4-2-3-9(5-10)8-17/h2-7,17H,8H2,1H3. The van der Waals surface area contributed by atoms with Crippen molar-refractivity contribution in [2.24, 2.45) is 0 Å². The summed E-state index contributed by atoms with van der Waals surface area (Å²) >= 11 is 0. The van der Waals surface area contributed by atoms with Gasteiger partial charge in [-0.3, -0.25) is 10.1 Å². The zero-order valence-corrected chi connectivity index (χ0v) is 11.1. The number of nitro groups is 1. The van der Waals surface area contributed by atoms with E-state index >= 15 is 0 Å². The lowest BCUT2D eigenvalue weighted by Gasteiger charge is -2.09. The van der Waals surface area contributed by atoms with Gasteiger partial charge in [-0.2, -0.15) is 0 Å². The minimum Gasteiger partial charge on any atom is -0.490 e. The van der Waals surface area contributed by atoms with Crippen LogP contribution in [0.2, 0.25) is 0 Å². The number of hydrogen-bond donors (Lipinski definition) is 1. The maximum atomic E-state index is 13.9. The molecular weight excluding hydrogens is 281 g/mol. The van der Waals surface area contributed by atoms with Gasteiger partial charge in [0.2, 0.25) is 5.75 Å². The largest absolute Gasteiger partial charge is 0.490 e. The van der Waals surface area contributed by atoms with Crippen LogP contribution in [0.25, 0.3) is 0 Å². The third-order valence-corrected chi connectivity index (χ3v) is 2.74. The Hall–Kier alpha value is -2.67. The van der Waals surface area contributed by atoms with Crippen LogP contribution >= 0.6 is 0 Å². The van der Waals surface area contributed by atoms with E-state index in [2.05, 4.69) is 0 Å².